The molecule has 2 aromatic carbocycles. The lowest BCUT2D eigenvalue weighted by Gasteiger charge is -2.08. The molecule has 0 heterocycles. The normalized spacial score (nSPS) is 10.5. The Morgan fingerprint density at radius 3 is 2.56 bits per heavy atom. The topological polar surface area (TPSA) is 73.9 Å². The summed E-state index contributed by atoms with van der Waals surface area (Å²) in [5.41, 5.74) is 2.08. The molecule has 0 bridgehead atoms. The number of hydrogen-bond donors (Lipinski definition) is 1. The molecule has 1 N–H and O–H groups in total. The number of rotatable bonds is 7. The summed E-state index contributed by atoms with van der Waals surface area (Å²) in [6, 6.07) is 10.4. The summed E-state index contributed by atoms with van der Waals surface area (Å²) in [5, 5.41) is 3.01. The number of anilines is 1. The first-order chi connectivity index (χ1) is 12.9. The molecule has 142 valence electrons. The van der Waals surface area contributed by atoms with Crippen LogP contribution in [0.2, 0.25) is 5.02 Å². The molecule has 0 unspecified atom stereocenters. The standard InChI is InChI=1S/C20H20ClNO5/c1-13-4-7-17(16(21)10-13)22-19(23)12-27-20(24)9-5-14-11-15(25-2)6-8-18(14)26-3/h4-11H,12H2,1-3H3,(H,22,23)/b9-5+. The summed E-state index contributed by atoms with van der Waals surface area (Å²) in [7, 11) is 3.07. The Bertz CT molecular complexity index is 863. The Kier molecular flexibility index (Phi) is 7.25. The maximum absolute atomic E-state index is 11.9. The number of esters is 1. The number of halogens is 1. The van der Waals surface area contributed by atoms with Crippen molar-refractivity contribution < 1.29 is 23.8 Å². The molecule has 0 aliphatic carbocycles. The molecule has 2 aromatic rings. The van der Waals surface area contributed by atoms with E-state index in [9.17, 15) is 9.59 Å². The maximum Gasteiger partial charge on any atom is 0.331 e. The van der Waals surface area contributed by atoms with Crippen LogP contribution in [-0.4, -0.2) is 32.7 Å². The van der Waals surface area contributed by atoms with Crippen LogP contribution in [0.4, 0.5) is 5.69 Å². The number of benzene rings is 2. The van der Waals surface area contributed by atoms with Crippen LogP contribution in [0.15, 0.2) is 42.5 Å². The van der Waals surface area contributed by atoms with Crippen molar-refractivity contribution in [3.8, 4) is 11.5 Å². The summed E-state index contributed by atoms with van der Waals surface area (Å²) < 4.78 is 15.3. The molecule has 1 amide bonds. The molecule has 0 aromatic heterocycles. The van der Waals surface area contributed by atoms with Gasteiger partial charge in [-0.15, -0.1) is 0 Å². The zero-order valence-corrected chi connectivity index (χ0v) is 16.0. The molecular weight excluding hydrogens is 370 g/mol. The molecule has 6 nitrogen and oxygen atoms in total. The number of carbonyl (C=O) groups excluding carboxylic acids is 2. The zero-order chi connectivity index (χ0) is 19.8. The van der Waals surface area contributed by atoms with Crippen molar-refractivity contribution in [3.63, 3.8) is 0 Å². The first-order valence-corrected chi connectivity index (χ1v) is 8.43. The highest BCUT2D eigenvalue weighted by Gasteiger charge is 2.09. The highest BCUT2D eigenvalue weighted by molar-refractivity contribution is 6.33. The van der Waals surface area contributed by atoms with Crippen LogP contribution in [0, 0.1) is 6.92 Å². The van der Waals surface area contributed by atoms with E-state index in [4.69, 9.17) is 25.8 Å². The molecule has 0 fully saturated rings. The Morgan fingerprint density at radius 2 is 1.89 bits per heavy atom. The van der Waals surface area contributed by atoms with E-state index in [2.05, 4.69) is 5.32 Å². The van der Waals surface area contributed by atoms with Crippen LogP contribution < -0.4 is 14.8 Å². The van der Waals surface area contributed by atoms with Gasteiger partial charge in [0.25, 0.3) is 5.91 Å². The predicted octanol–water partition coefficient (Wildman–Crippen LogP) is 3.86. The van der Waals surface area contributed by atoms with Gasteiger partial charge in [0, 0.05) is 11.6 Å². The number of hydrogen-bond acceptors (Lipinski definition) is 5. The summed E-state index contributed by atoms with van der Waals surface area (Å²) in [6.45, 7) is 1.46. The molecule has 0 aliphatic heterocycles. The van der Waals surface area contributed by atoms with Gasteiger partial charge < -0.3 is 19.5 Å². The van der Waals surface area contributed by atoms with Crippen molar-refractivity contribution in [2.75, 3.05) is 26.1 Å². The number of methoxy groups -OCH3 is 2. The zero-order valence-electron chi connectivity index (χ0n) is 15.2. The number of aryl methyl sites for hydroxylation is 1. The van der Waals surface area contributed by atoms with E-state index >= 15 is 0 Å². The first-order valence-electron chi connectivity index (χ1n) is 8.06. The third-order valence-corrected chi connectivity index (χ3v) is 3.89. The van der Waals surface area contributed by atoms with Gasteiger partial charge in [-0.1, -0.05) is 17.7 Å². The second kappa shape index (κ2) is 9.64. The number of nitrogens with one attached hydrogen (secondary N) is 1. The monoisotopic (exact) mass is 389 g/mol. The third-order valence-electron chi connectivity index (χ3n) is 3.58. The van der Waals surface area contributed by atoms with Gasteiger partial charge in [0.15, 0.2) is 6.61 Å². The van der Waals surface area contributed by atoms with Gasteiger partial charge in [0.1, 0.15) is 11.5 Å². The maximum atomic E-state index is 11.9. The second-order valence-electron chi connectivity index (χ2n) is 5.58. The summed E-state index contributed by atoms with van der Waals surface area (Å²) in [6.07, 6.45) is 2.74. The fraction of sp³-hybridized carbons (Fsp3) is 0.200. The molecule has 2 rings (SSSR count). The van der Waals surface area contributed by atoms with Crippen molar-refractivity contribution in [3.05, 3.63) is 58.6 Å². The van der Waals surface area contributed by atoms with Crippen LogP contribution in [0.3, 0.4) is 0 Å². The number of ether oxygens (including phenoxy) is 3. The molecule has 0 spiro atoms. The molecule has 0 atom stereocenters. The fourth-order valence-electron chi connectivity index (χ4n) is 2.22. The van der Waals surface area contributed by atoms with E-state index in [0.717, 1.165) is 5.56 Å². The minimum Gasteiger partial charge on any atom is -0.497 e. The van der Waals surface area contributed by atoms with Gasteiger partial charge in [0.2, 0.25) is 0 Å². The van der Waals surface area contributed by atoms with Crippen molar-refractivity contribution in [1.82, 2.24) is 0 Å². The predicted molar refractivity (Wildman–Crippen MR) is 104 cm³/mol. The van der Waals surface area contributed by atoms with Crippen LogP contribution in [0.5, 0.6) is 11.5 Å². The van der Waals surface area contributed by atoms with Gasteiger partial charge in [-0.2, -0.15) is 0 Å². The van der Waals surface area contributed by atoms with Crippen LogP contribution in [-0.2, 0) is 14.3 Å². The van der Waals surface area contributed by atoms with Crippen molar-refractivity contribution in [2.45, 2.75) is 6.92 Å². The summed E-state index contributed by atoms with van der Waals surface area (Å²) in [4.78, 5) is 23.8. The molecule has 0 saturated carbocycles. The Morgan fingerprint density at radius 1 is 1.11 bits per heavy atom. The smallest absolute Gasteiger partial charge is 0.331 e. The van der Waals surface area contributed by atoms with Crippen molar-refractivity contribution in [2.24, 2.45) is 0 Å². The number of carbonyl (C=O) groups is 2. The fourth-order valence-corrected chi connectivity index (χ4v) is 2.50. The van der Waals surface area contributed by atoms with E-state index in [-0.39, 0.29) is 0 Å². The Hall–Kier alpha value is -2.99. The largest absolute Gasteiger partial charge is 0.497 e. The average molecular weight is 390 g/mol. The molecular formula is C20H20ClNO5. The number of amides is 1. The summed E-state index contributed by atoms with van der Waals surface area (Å²) in [5.74, 6) is 0.0521. The summed E-state index contributed by atoms with van der Waals surface area (Å²) >= 11 is 6.05. The van der Waals surface area contributed by atoms with E-state index in [1.807, 2.05) is 13.0 Å². The van der Waals surface area contributed by atoms with Crippen molar-refractivity contribution >= 4 is 35.2 Å². The van der Waals surface area contributed by atoms with Gasteiger partial charge in [-0.25, -0.2) is 4.79 Å². The van der Waals surface area contributed by atoms with Gasteiger partial charge in [-0.3, -0.25) is 4.79 Å². The minimum absolute atomic E-state index is 0.416. The Balaban J connectivity index is 1.92. The van der Waals surface area contributed by atoms with Crippen LogP contribution in [0.1, 0.15) is 11.1 Å². The molecule has 0 radical (unpaired) electrons. The second-order valence-corrected chi connectivity index (χ2v) is 5.99. The van der Waals surface area contributed by atoms with Crippen LogP contribution >= 0.6 is 11.6 Å². The highest BCUT2D eigenvalue weighted by Crippen LogP contribution is 2.25. The minimum atomic E-state index is -0.662. The van der Waals surface area contributed by atoms with Gasteiger partial charge in [0.05, 0.1) is 24.9 Å². The third kappa shape index (κ3) is 6.04. The lowest BCUT2D eigenvalue weighted by molar-refractivity contribution is -0.142. The van der Waals surface area contributed by atoms with E-state index in [1.165, 1.54) is 19.3 Å². The molecule has 0 saturated heterocycles. The van der Waals surface area contributed by atoms with E-state index in [1.54, 1.807) is 37.4 Å². The average Bonchev–Trinajstić information content (AvgIpc) is 2.66. The molecule has 27 heavy (non-hydrogen) atoms. The molecule has 0 aliphatic rings. The Labute approximate surface area is 162 Å². The lowest BCUT2D eigenvalue weighted by atomic mass is 10.1. The molecule has 7 heteroatoms. The first kappa shape index (κ1) is 20.3. The van der Waals surface area contributed by atoms with Crippen molar-refractivity contribution in [1.29, 1.82) is 0 Å². The van der Waals surface area contributed by atoms with E-state index < -0.39 is 18.5 Å². The SMILES string of the molecule is COc1ccc(OC)c(/C=C/C(=O)OCC(=O)Nc2ccc(C)cc2Cl)c1. The highest BCUT2D eigenvalue weighted by atomic mass is 35.5. The quantitative estimate of drug-likeness (QED) is 0.575. The lowest BCUT2D eigenvalue weighted by Crippen LogP contribution is -2.20. The van der Waals surface area contributed by atoms with Gasteiger partial charge in [-0.05, 0) is 48.9 Å². The van der Waals surface area contributed by atoms with E-state index in [0.29, 0.717) is 27.8 Å². The van der Waals surface area contributed by atoms with Crippen LogP contribution in [0.25, 0.3) is 6.08 Å². The van der Waals surface area contributed by atoms with Gasteiger partial charge >= 0.3 is 5.97 Å².